The predicted molar refractivity (Wildman–Crippen MR) is 65.8 cm³/mol. The van der Waals surface area contributed by atoms with Crippen LogP contribution in [-0.4, -0.2) is 29.0 Å². The van der Waals surface area contributed by atoms with E-state index in [0.717, 1.165) is 5.82 Å². The van der Waals surface area contributed by atoms with Gasteiger partial charge in [0.1, 0.15) is 5.82 Å². The Morgan fingerprint density at radius 1 is 1.44 bits per heavy atom. The van der Waals surface area contributed by atoms with Crippen LogP contribution in [0.25, 0.3) is 0 Å². The van der Waals surface area contributed by atoms with Crippen molar-refractivity contribution in [2.45, 2.75) is 6.54 Å². The highest BCUT2D eigenvalue weighted by Gasteiger charge is 2.01. The van der Waals surface area contributed by atoms with Crippen molar-refractivity contribution in [3.63, 3.8) is 0 Å². The first kappa shape index (κ1) is 10.8. The molecule has 2 rings (SSSR count). The summed E-state index contributed by atoms with van der Waals surface area (Å²) in [6.07, 6.45) is 3.59. The Balaban J connectivity index is 2.01. The van der Waals surface area contributed by atoms with Crippen LogP contribution in [0.2, 0.25) is 0 Å². The number of nitrogens with zero attached hydrogens (tertiary/aromatic N) is 4. The molecule has 0 bridgehead atoms. The molecule has 6 heteroatoms. The third-order valence-corrected chi connectivity index (χ3v) is 2.78. The summed E-state index contributed by atoms with van der Waals surface area (Å²) >= 11 is 1.61. The molecular weight excluding hydrogens is 222 g/mol. The number of aromatic nitrogens is 3. The quantitative estimate of drug-likeness (QED) is 0.872. The second kappa shape index (κ2) is 4.89. The smallest absolute Gasteiger partial charge is 0.224 e. The Kier molecular flexibility index (Phi) is 3.31. The molecule has 16 heavy (non-hydrogen) atoms. The summed E-state index contributed by atoms with van der Waals surface area (Å²) in [5, 5.41) is 3.16. The van der Waals surface area contributed by atoms with Crippen molar-refractivity contribution in [3.8, 4) is 0 Å². The van der Waals surface area contributed by atoms with Crippen LogP contribution in [0, 0.1) is 0 Å². The van der Waals surface area contributed by atoms with Gasteiger partial charge in [-0.25, -0.2) is 4.98 Å². The Morgan fingerprint density at radius 3 is 3.00 bits per heavy atom. The van der Waals surface area contributed by atoms with E-state index in [4.69, 9.17) is 0 Å². The number of thiazole rings is 1. The highest BCUT2D eigenvalue weighted by atomic mass is 32.1. The van der Waals surface area contributed by atoms with Gasteiger partial charge in [-0.15, -0.1) is 11.3 Å². The summed E-state index contributed by atoms with van der Waals surface area (Å²) in [4.78, 5) is 15.6. The zero-order valence-electron chi connectivity index (χ0n) is 9.21. The highest BCUT2D eigenvalue weighted by Crippen LogP contribution is 2.11. The molecule has 84 valence electrons. The van der Waals surface area contributed by atoms with Crippen LogP contribution < -0.4 is 10.2 Å². The number of hydrogen-bond acceptors (Lipinski definition) is 6. The van der Waals surface area contributed by atoms with Crippen molar-refractivity contribution < 1.29 is 0 Å². The minimum atomic E-state index is 0.639. The van der Waals surface area contributed by atoms with Crippen LogP contribution >= 0.6 is 11.3 Å². The zero-order chi connectivity index (χ0) is 11.4. The van der Waals surface area contributed by atoms with Gasteiger partial charge in [-0.2, -0.15) is 4.98 Å². The minimum Gasteiger partial charge on any atom is -0.363 e. The number of anilines is 2. The molecule has 2 heterocycles. The average Bonchev–Trinajstić information content (AvgIpc) is 2.79. The molecule has 0 aliphatic rings. The summed E-state index contributed by atoms with van der Waals surface area (Å²) in [5.41, 5.74) is 1.81. The molecule has 0 saturated heterocycles. The summed E-state index contributed by atoms with van der Waals surface area (Å²) < 4.78 is 0. The lowest BCUT2D eigenvalue weighted by atomic mass is 10.5. The topological polar surface area (TPSA) is 53.9 Å². The van der Waals surface area contributed by atoms with E-state index in [0.29, 0.717) is 12.5 Å². The maximum atomic E-state index is 4.36. The molecule has 0 fully saturated rings. The molecule has 0 radical (unpaired) electrons. The Labute approximate surface area is 98.2 Å². The molecular formula is C10H13N5S. The fraction of sp³-hybridized carbons (Fsp3) is 0.300. The molecule has 0 saturated carbocycles. The molecule has 2 aromatic heterocycles. The molecule has 2 aromatic rings. The van der Waals surface area contributed by atoms with Crippen LogP contribution in [0.5, 0.6) is 0 Å². The van der Waals surface area contributed by atoms with E-state index in [1.165, 1.54) is 4.88 Å². The van der Waals surface area contributed by atoms with E-state index in [2.05, 4.69) is 20.3 Å². The Morgan fingerprint density at radius 2 is 2.31 bits per heavy atom. The molecule has 0 unspecified atom stereocenters. The van der Waals surface area contributed by atoms with Crippen molar-refractivity contribution >= 4 is 23.1 Å². The van der Waals surface area contributed by atoms with Gasteiger partial charge in [-0.1, -0.05) is 0 Å². The van der Waals surface area contributed by atoms with Gasteiger partial charge < -0.3 is 10.2 Å². The van der Waals surface area contributed by atoms with Gasteiger partial charge in [0, 0.05) is 31.4 Å². The molecule has 5 nitrogen and oxygen atoms in total. The van der Waals surface area contributed by atoms with Gasteiger partial charge in [-0.05, 0) is 6.07 Å². The number of hydrogen-bond donors (Lipinski definition) is 1. The lowest BCUT2D eigenvalue weighted by Gasteiger charge is -2.11. The standard InChI is InChI=1S/C10H13N5S/c1-15(2)9-3-4-12-10(14-9)13-6-8-5-11-7-16-8/h3-5,7H,6H2,1-2H3,(H,12,13,14). The maximum Gasteiger partial charge on any atom is 0.224 e. The van der Waals surface area contributed by atoms with Gasteiger partial charge in [0.2, 0.25) is 5.95 Å². The Bertz CT molecular complexity index is 440. The molecule has 1 N–H and O–H groups in total. The summed E-state index contributed by atoms with van der Waals surface area (Å²) in [6.45, 7) is 0.710. The largest absolute Gasteiger partial charge is 0.363 e. The first-order chi connectivity index (χ1) is 7.75. The lowest BCUT2D eigenvalue weighted by molar-refractivity contribution is 1.01. The SMILES string of the molecule is CN(C)c1ccnc(NCc2cncs2)n1. The third kappa shape index (κ3) is 2.66. The van der Waals surface area contributed by atoms with Crippen molar-refractivity contribution in [2.24, 2.45) is 0 Å². The molecule has 0 aliphatic heterocycles. The van der Waals surface area contributed by atoms with Gasteiger partial charge in [0.05, 0.1) is 12.1 Å². The predicted octanol–water partition coefficient (Wildman–Crippen LogP) is 1.61. The third-order valence-electron chi connectivity index (χ3n) is 2.00. The molecule has 0 aliphatic carbocycles. The fourth-order valence-electron chi connectivity index (χ4n) is 1.18. The second-order valence-electron chi connectivity index (χ2n) is 3.45. The Hall–Kier alpha value is -1.69. The van der Waals surface area contributed by atoms with Crippen molar-refractivity contribution in [2.75, 3.05) is 24.3 Å². The number of rotatable bonds is 4. The van der Waals surface area contributed by atoms with E-state index in [9.17, 15) is 0 Å². The first-order valence-electron chi connectivity index (χ1n) is 4.87. The summed E-state index contributed by atoms with van der Waals surface area (Å²) in [6, 6.07) is 1.87. The van der Waals surface area contributed by atoms with E-state index in [1.807, 2.05) is 36.8 Å². The maximum absolute atomic E-state index is 4.36. The summed E-state index contributed by atoms with van der Waals surface area (Å²) in [5.74, 6) is 1.53. The molecule has 0 amide bonds. The summed E-state index contributed by atoms with van der Waals surface area (Å²) in [7, 11) is 3.91. The van der Waals surface area contributed by atoms with E-state index >= 15 is 0 Å². The molecule has 0 aromatic carbocycles. The first-order valence-corrected chi connectivity index (χ1v) is 5.75. The van der Waals surface area contributed by atoms with Crippen LogP contribution in [0.15, 0.2) is 24.0 Å². The van der Waals surface area contributed by atoms with Crippen LogP contribution in [0.3, 0.4) is 0 Å². The van der Waals surface area contributed by atoms with Crippen molar-refractivity contribution in [1.82, 2.24) is 15.0 Å². The fourth-order valence-corrected chi connectivity index (χ4v) is 1.71. The minimum absolute atomic E-state index is 0.639. The molecule has 0 atom stereocenters. The monoisotopic (exact) mass is 235 g/mol. The van der Waals surface area contributed by atoms with Gasteiger partial charge in [0.15, 0.2) is 0 Å². The average molecular weight is 235 g/mol. The molecule has 0 spiro atoms. The van der Waals surface area contributed by atoms with Gasteiger partial charge in [0.25, 0.3) is 0 Å². The van der Waals surface area contributed by atoms with E-state index in [-0.39, 0.29) is 0 Å². The van der Waals surface area contributed by atoms with Crippen molar-refractivity contribution in [3.05, 3.63) is 28.8 Å². The van der Waals surface area contributed by atoms with Gasteiger partial charge in [-0.3, -0.25) is 4.98 Å². The van der Waals surface area contributed by atoms with E-state index in [1.54, 1.807) is 17.5 Å². The van der Waals surface area contributed by atoms with Crippen LogP contribution in [0.4, 0.5) is 11.8 Å². The van der Waals surface area contributed by atoms with Crippen LogP contribution in [-0.2, 0) is 6.54 Å². The second-order valence-corrected chi connectivity index (χ2v) is 4.43. The van der Waals surface area contributed by atoms with Crippen molar-refractivity contribution in [1.29, 1.82) is 0 Å². The highest BCUT2D eigenvalue weighted by molar-refractivity contribution is 7.09. The zero-order valence-corrected chi connectivity index (χ0v) is 10.0. The lowest BCUT2D eigenvalue weighted by Crippen LogP contribution is -2.12. The van der Waals surface area contributed by atoms with Crippen LogP contribution in [0.1, 0.15) is 4.88 Å². The number of nitrogens with one attached hydrogen (secondary N) is 1. The normalized spacial score (nSPS) is 10.1. The van der Waals surface area contributed by atoms with Gasteiger partial charge >= 0.3 is 0 Å². The van der Waals surface area contributed by atoms with E-state index < -0.39 is 0 Å².